The van der Waals surface area contributed by atoms with Gasteiger partial charge in [-0.2, -0.15) is 0 Å². The highest BCUT2D eigenvalue weighted by atomic mass is 35.5. The van der Waals surface area contributed by atoms with Crippen LogP contribution in [0, 0.1) is 0 Å². The maximum atomic E-state index is 11.8. The first-order chi connectivity index (χ1) is 12.4. The summed E-state index contributed by atoms with van der Waals surface area (Å²) in [7, 11) is 0. The van der Waals surface area contributed by atoms with E-state index in [4.69, 9.17) is 21.1 Å². The molecule has 2 aromatic rings. The summed E-state index contributed by atoms with van der Waals surface area (Å²) in [6, 6.07) is 15.1. The lowest BCUT2D eigenvalue weighted by atomic mass is 10.1. The van der Waals surface area contributed by atoms with Crippen LogP contribution in [0.3, 0.4) is 0 Å². The van der Waals surface area contributed by atoms with E-state index in [2.05, 4.69) is 5.32 Å². The van der Waals surface area contributed by atoms with E-state index in [-0.39, 0.29) is 18.6 Å². The van der Waals surface area contributed by atoms with E-state index in [1.165, 1.54) is 6.92 Å². The Bertz CT molecular complexity index is 762. The number of amides is 1. The maximum absolute atomic E-state index is 11.8. The van der Waals surface area contributed by atoms with Crippen molar-refractivity contribution in [1.82, 2.24) is 5.32 Å². The fourth-order valence-corrected chi connectivity index (χ4v) is 2.49. The van der Waals surface area contributed by atoms with Crippen molar-refractivity contribution in [3.05, 3.63) is 53.6 Å². The predicted molar refractivity (Wildman–Crippen MR) is 101 cm³/mol. The van der Waals surface area contributed by atoms with Crippen LogP contribution >= 0.6 is 11.6 Å². The van der Waals surface area contributed by atoms with Crippen LogP contribution in [0.25, 0.3) is 11.1 Å². The molecular weight excluding hydrogens is 354 g/mol. The van der Waals surface area contributed by atoms with Crippen LogP contribution in [0.1, 0.15) is 20.8 Å². The van der Waals surface area contributed by atoms with Gasteiger partial charge in [0.2, 0.25) is 0 Å². The molecule has 0 saturated carbocycles. The Morgan fingerprint density at radius 3 is 2.35 bits per heavy atom. The van der Waals surface area contributed by atoms with E-state index in [1.54, 1.807) is 12.1 Å². The van der Waals surface area contributed by atoms with Gasteiger partial charge in [0.05, 0.1) is 5.02 Å². The molecule has 0 aliphatic rings. The molecule has 0 aliphatic carbocycles. The number of esters is 1. The summed E-state index contributed by atoms with van der Waals surface area (Å²) in [5, 5.41) is 3.07. The van der Waals surface area contributed by atoms with E-state index < -0.39 is 12.1 Å². The molecule has 26 heavy (non-hydrogen) atoms. The van der Waals surface area contributed by atoms with Crippen LogP contribution in [-0.2, 0) is 14.3 Å². The molecular formula is C20H22ClNO4. The normalized spacial score (nSPS) is 11.7. The lowest BCUT2D eigenvalue weighted by Crippen LogP contribution is -2.40. The molecule has 0 spiro atoms. The van der Waals surface area contributed by atoms with Crippen molar-refractivity contribution < 1.29 is 19.1 Å². The van der Waals surface area contributed by atoms with Gasteiger partial charge < -0.3 is 14.8 Å². The fourth-order valence-electron chi connectivity index (χ4n) is 2.25. The Kier molecular flexibility index (Phi) is 7.04. The SMILES string of the molecule is CC(C)NC(=O)[C@H](C)OC(=O)COc1ccc(-c2ccccc2)cc1Cl. The van der Waals surface area contributed by atoms with E-state index >= 15 is 0 Å². The zero-order valence-electron chi connectivity index (χ0n) is 15.0. The second kappa shape index (κ2) is 9.25. The minimum absolute atomic E-state index is 0.0261. The zero-order valence-corrected chi connectivity index (χ0v) is 15.7. The van der Waals surface area contributed by atoms with Gasteiger partial charge in [-0.3, -0.25) is 4.79 Å². The number of halogens is 1. The summed E-state index contributed by atoms with van der Waals surface area (Å²) in [4.78, 5) is 23.6. The number of ether oxygens (including phenoxy) is 2. The van der Waals surface area contributed by atoms with Crippen LogP contribution in [0.2, 0.25) is 5.02 Å². The van der Waals surface area contributed by atoms with Crippen molar-refractivity contribution in [2.75, 3.05) is 6.61 Å². The molecule has 138 valence electrons. The number of nitrogens with one attached hydrogen (secondary N) is 1. The first-order valence-corrected chi connectivity index (χ1v) is 8.72. The van der Waals surface area contributed by atoms with Crippen LogP contribution in [0.5, 0.6) is 5.75 Å². The van der Waals surface area contributed by atoms with Crippen LogP contribution < -0.4 is 10.1 Å². The van der Waals surface area contributed by atoms with Crippen molar-refractivity contribution in [3.63, 3.8) is 0 Å². The van der Waals surface area contributed by atoms with Gasteiger partial charge in [0, 0.05) is 6.04 Å². The third kappa shape index (κ3) is 5.77. The van der Waals surface area contributed by atoms with Crippen molar-refractivity contribution in [2.45, 2.75) is 32.9 Å². The topological polar surface area (TPSA) is 64.6 Å². The smallest absolute Gasteiger partial charge is 0.344 e. The van der Waals surface area contributed by atoms with Crippen molar-refractivity contribution in [2.24, 2.45) is 0 Å². The van der Waals surface area contributed by atoms with Gasteiger partial charge >= 0.3 is 5.97 Å². The second-order valence-corrected chi connectivity index (χ2v) is 6.50. The average Bonchev–Trinajstić information content (AvgIpc) is 2.60. The molecule has 5 nitrogen and oxygen atoms in total. The van der Waals surface area contributed by atoms with Gasteiger partial charge in [0.1, 0.15) is 5.75 Å². The molecule has 6 heteroatoms. The highest BCUT2D eigenvalue weighted by Gasteiger charge is 2.19. The quantitative estimate of drug-likeness (QED) is 0.747. The Labute approximate surface area is 158 Å². The number of hydrogen-bond acceptors (Lipinski definition) is 4. The molecule has 1 amide bonds. The first kappa shape index (κ1) is 19.8. The summed E-state index contributed by atoms with van der Waals surface area (Å²) in [5.74, 6) is -0.610. The molecule has 1 atom stereocenters. The summed E-state index contributed by atoms with van der Waals surface area (Å²) in [6.45, 7) is 4.84. The molecule has 0 fully saturated rings. The monoisotopic (exact) mass is 375 g/mol. The van der Waals surface area contributed by atoms with Crippen LogP contribution in [-0.4, -0.2) is 30.6 Å². The first-order valence-electron chi connectivity index (χ1n) is 8.34. The highest BCUT2D eigenvalue weighted by molar-refractivity contribution is 6.32. The van der Waals surface area contributed by atoms with Gasteiger partial charge in [-0.25, -0.2) is 4.79 Å². The molecule has 0 radical (unpaired) electrons. The minimum Gasteiger partial charge on any atom is -0.480 e. The summed E-state index contributed by atoms with van der Waals surface area (Å²) in [6.07, 6.45) is -0.885. The maximum Gasteiger partial charge on any atom is 0.344 e. The molecule has 2 rings (SSSR count). The minimum atomic E-state index is -0.885. The lowest BCUT2D eigenvalue weighted by Gasteiger charge is -2.15. The number of carbonyl (C=O) groups is 2. The van der Waals surface area contributed by atoms with Crippen LogP contribution in [0.4, 0.5) is 0 Å². The lowest BCUT2D eigenvalue weighted by molar-refractivity contribution is -0.156. The van der Waals surface area contributed by atoms with E-state index in [0.29, 0.717) is 10.8 Å². The molecule has 0 aromatic heterocycles. The highest BCUT2D eigenvalue weighted by Crippen LogP contribution is 2.30. The van der Waals surface area contributed by atoms with Crippen molar-refractivity contribution in [3.8, 4) is 16.9 Å². The zero-order chi connectivity index (χ0) is 19.1. The van der Waals surface area contributed by atoms with E-state index in [1.807, 2.05) is 50.2 Å². The summed E-state index contributed by atoms with van der Waals surface area (Å²) >= 11 is 6.23. The van der Waals surface area contributed by atoms with E-state index in [9.17, 15) is 9.59 Å². The van der Waals surface area contributed by atoms with Crippen molar-refractivity contribution >= 4 is 23.5 Å². The second-order valence-electron chi connectivity index (χ2n) is 6.10. The number of carbonyl (C=O) groups excluding carboxylic acids is 2. The molecule has 2 aromatic carbocycles. The Hall–Kier alpha value is -2.53. The molecule has 0 heterocycles. The number of benzene rings is 2. The molecule has 0 bridgehead atoms. The van der Waals surface area contributed by atoms with Crippen LogP contribution in [0.15, 0.2) is 48.5 Å². The average molecular weight is 376 g/mol. The third-order valence-electron chi connectivity index (χ3n) is 3.49. The molecule has 0 aliphatic heterocycles. The standard InChI is InChI=1S/C20H22ClNO4/c1-13(2)22-20(24)14(3)26-19(23)12-25-18-10-9-16(11-17(18)21)15-7-5-4-6-8-15/h4-11,13-14H,12H2,1-3H3,(H,22,24)/t14-/m0/s1. The van der Waals surface area contributed by atoms with Gasteiger partial charge in [-0.15, -0.1) is 0 Å². The van der Waals surface area contributed by atoms with Gasteiger partial charge in [-0.1, -0.05) is 48.0 Å². The number of hydrogen-bond donors (Lipinski definition) is 1. The molecule has 1 N–H and O–H groups in total. The van der Waals surface area contributed by atoms with Gasteiger partial charge in [0.25, 0.3) is 5.91 Å². The van der Waals surface area contributed by atoms with Crippen molar-refractivity contribution in [1.29, 1.82) is 0 Å². The molecule has 0 unspecified atom stereocenters. The third-order valence-corrected chi connectivity index (χ3v) is 3.79. The Morgan fingerprint density at radius 2 is 1.73 bits per heavy atom. The van der Waals surface area contributed by atoms with Gasteiger partial charge in [-0.05, 0) is 44.0 Å². The summed E-state index contributed by atoms with van der Waals surface area (Å²) < 4.78 is 10.5. The number of rotatable bonds is 7. The largest absolute Gasteiger partial charge is 0.480 e. The summed E-state index contributed by atoms with van der Waals surface area (Å²) in [5.41, 5.74) is 1.98. The van der Waals surface area contributed by atoms with E-state index in [0.717, 1.165) is 11.1 Å². The molecule has 0 saturated heterocycles. The Balaban J connectivity index is 1.91. The van der Waals surface area contributed by atoms with Gasteiger partial charge in [0.15, 0.2) is 12.7 Å². The Morgan fingerprint density at radius 1 is 1.04 bits per heavy atom. The predicted octanol–water partition coefficient (Wildman–Crippen LogP) is 3.84. The fraction of sp³-hybridized carbons (Fsp3) is 0.300.